The van der Waals surface area contributed by atoms with Crippen LogP contribution in [0.4, 0.5) is 0 Å². The Morgan fingerprint density at radius 1 is 1.05 bits per heavy atom. The number of hydrogen-bond donors (Lipinski definition) is 1. The molecule has 112 valence electrons. The third kappa shape index (κ3) is 5.24. The van der Waals surface area contributed by atoms with Gasteiger partial charge in [0.1, 0.15) is 0 Å². The first-order valence-corrected chi connectivity index (χ1v) is 8.99. The van der Waals surface area contributed by atoms with Crippen LogP contribution in [0, 0.1) is 0 Å². The molecule has 3 heteroatoms. The highest BCUT2D eigenvalue weighted by molar-refractivity contribution is 9.10. The summed E-state index contributed by atoms with van der Waals surface area (Å²) in [6.07, 6.45) is 2.20. The van der Waals surface area contributed by atoms with Gasteiger partial charge in [-0.1, -0.05) is 69.1 Å². The zero-order chi connectivity index (χ0) is 15.1. The molecular weight excluding hydrogens is 390 g/mol. The molecule has 2 aromatic carbocycles. The number of rotatable bonds is 7. The topological polar surface area (TPSA) is 12.0 Å². The van der Waals surface area contributed by atoms with Crippen LogP contribution in [0.5, 0.6) is 0 Å². The standard InChI is InChI=1S/C18H21Br2N/c1-2-10-21-13-16(14-7-5-8-17(19)12-14)11-15-6-3-4-9-18(15)20/h3-9,12,16,21H,2,10-11,13H2,1H3. The Bertz CT molecular complexity index is 569. The van der Waals surface area contributed by atoms with Crippen LogP contribution in [0.25, 0.3) is 0 Å². The summed E-state index contributed by atoms with van der Waals surface area (Å²) in [6.45, 7) is 4.28. The lowest BCUT2D eigenvalue weighted by Gasteiger charge is -2.19. The maximum absolute atomic E-state index is 3.66. The minimum Gasteiger partial charge on any atom is -0.316 e. The summed E-state index contributed by atoms with van der Waals surface area (Å²) in [5.41, 5.74) is 2.74. The van der Waals surface area contributed by atoms with E-state index in [0.29, 0.717) is 5.92 Å². The molecule has 2 aromatic rings. The number of nitrogens with one attached hydrogen (secondary N) is 1. The molecule has 0 aliphatic heterocycles. The normalized spacial score (nSPS) is 12.3. The second kappa shape index (κ2) is 8.72. The van der Waals surface area contributed by atoms with Crippen molar-refractivity contribution in [1.29, 1.82) is 0 Å². The lowest BCUT2D eigenvalue weighted by Crippen LogP contribution is -2.23. The van der Waals surface area contributed by atoms with Gasteiger partial charge < -0.3 is 5.32 Å². The highest BCUT2D eigenvalue weighted by Gasteiger charge is 2.14. The lowest BCUT2D eigenvalue weighted by molar-refractivity contribution is 0.576. The summed E-state index contributed by atoms with van der Waals surface area (Å²) >= 11 is 7.25. The van der Waals surface area contributed by atoms with E-state index in [2.05, 4.69) is 92.6 Å². The molecule has 1 unspecified atom stereocenters. The molecule has 0 saturated carbocycles. The van der Waals surface area contributed by atoms with Crippen LogP contribution in [0.1, 0.15) is 30.4 Å². The van der Waals surface area contributed by atoms with Gasteiger partial charge in [0.2, 0.25) is 0 Å². The third-order valence-corrected chi connectivity index (χ3v) is 4.83. The average Bonchev–Trinajstić information content (AvgIpc) is 2.48. The molecule has 1 nitrogen and oxygen atoms in total. The minimum absolute atomic E-state index is 0.479. The molecule has 0 aromatic heterocycles. The van der Waals surface area contributed by atoms with Crippen LogP contribution in [-0.4, -0.2) is 13.1 Å². The first kappa shape index (κ1) is 16.7. The van der Waals surface area contributed by atoms with Gasteiger partial charge in [-0.2, -0.15) is 0 Å². The molecule has 0 bridgehead atoms. The van der Waals surface area contributed by atoms with Crippen molar-refractivity contribution >= 4 is 31.9 Å². The van der Waals surface area contributed by atoms with Crippen LogP contribution in [-0.2, 0) is 6.42 Å². The van der Waals surface area contributed by atoms with Crippen molar-refractivity contribution < 1.29 is 0 Å². The van der Waals surface area contributed by atoms with E-state index in [4.69, 9.17) is 0 Å². The number of halogens is 2. The zero-order valence-corrected chi connectivity index (χ0v) is 15.5. The summed E-state index contributed by atoms with van der Waals surface area (Å²) in [6, 6.07) is 17.1. The summed E-state index contributed by atoms with van der Waals surface area (Å²) < 4.78 is 2.34. The van der Waals surface area contributed by atoms with Gasteiger partial charge in [-0.05, 0) is 48.7 Å². The quantitative estimate of drug-likeness (QED) is 0.591. The van der Waals surface area contributed by atoms with E-state index < -0.39 is 0 Å². The Morgan fingerprint density at radius 3 is 2.57 bits per heavy atom. The van der Waals surface area contributed by atoms with E-state index in [1.165, 1.54) is 22.0 Å². The Labute approximate surface area is 144 Å². The van der Waals surface area contributed by atoms with Gasteiger partial charge >= 0.3 is 0 Å². The molecule has 0 saturated heterocycles. The summed E-state index contributed by atoms with van der Waals surface area (Å²) in [5.74, 6) is 0.479. The molecule has 0 aliphatic rings. The Kier molecular flexibility index (Phi) is 6.94. The molecule has 0 aliphatic carbocycles. The van der Waals surface area contributed by atoms with Gasteiger partial charge in [-0.3, -0.25) is 0 Å². The smallest absolute Gasteiger partial charge is 0.0207 e. The van der Waals surface area contributed by atoms with Gasteiger partial charge in [0, 0.05) is 21.4 Å². The second-order valence-corrected chi connectivity index (χ2v) is 7.02. The van der Waals surface area contributed by atoms with Crippen LogP contribution in [0.2, 0.25) is 0 Å². The first-order valence-electron chi connectivity index (χ1n) is 7.40. The van der Waals surface area contributed by atoms with E-state index in [-0.39, 0.29) is 0 Å². The minimum atomic E-state index is 0.479. The van der Waals surface area contributed by atoms with E-state index in [1.54, 1.807) is 0 Å². The average molecular weight is 411 g/mol. The van der Waals surface area contributed by atoms with Crippen LogP contribution >= 0.6 is 31.9 Å². The Morgan fingerprint density at radius 2 is 1.86 bits per heavy atom. The van der Waals surface area contributed by atoms with Crippen molar-refractivity contribution in [3.8, 4) is 0 Å². The van der Waals surface area contributed by atoms with Gasteiger partial charge in [0.25, 0.3) is 0 Å². The lowest BCUT2D eigenvalue weighted by atomic mass is 9.92. The Hall–Kier alpha value is -0.640. The van der Waals surface area contributed by atoms with Gasteiger partial charge in [0.05, 0.1) is 0 Å². The van der Waals surface area contributed by atoms with Crippen molar-refractivity contribution in [2.75, 3.05) is 13.1 Å². The third-order valence-electron chi connectivity index (χ3n) is 3.56. The fraction of sp³-hybridized carbons (Fsp3) is 0.333. The largest absolute Gasteiger partial charge is 0.316 e. The van der Waals surface area contributed by atoms with E-state index in [1.807, 2.05) is 0 Å². The maximum Gasteiger partial charge on any atom is 0.0207 e. The summed E-state index contributed by atoms with van der Waals surface area (Å²) in [4.78, 5) is 0. The molecule has 0 heterocycles. The predicted molar refractivity (Wildman–Crippen MR) is 97.9 cm³/mol. The molecule has 0 fully saturated rings. The fourth-order valence-corrected chi connectivity index (χ4v) is 3.31. The molecule has 1 N–H and O–H groups in total. The molecule has 21 heavy (non-hydrogen) atoms. The van der Waals surface area contributed by atoms with Crippen molar-refractivity contribution in [3.05, 3.63) is 68.6 Å². The van der Waals surface area contributed by atoms with E-state index in [9.17, 15) is 0 Å². The van der Waals surface area contributed by atoms with Crippen LogP contribution in [0.3, 0.4) is 0 Å². The zero-order valence-electron chi connectivity index (χ0n) is 12.3. The van der Waals surface area contributed by atoms with Crippen molar-refractivity contribution in [2.45, 2.75) is 25.7 Å². The number of benzene rings is 2. The van der Waals surface area contributed by atoms with Crippen LogP contribution < -0.4 is 5.32 Å². The molecule has 2 rings (SSSR count). The highest BCUT2D eigenvalue weighted by Crippen LogP contribution is 2.26. The van der Waals surface area contributed by atoms with Gasteiger partial charge in [-0.15, -0.1) is 0 Å². The maximum atomic E-state index is 3.66. The van der Waals surface area contributed by atoms with Gasteiger partial charge in [0.15, 0.2) is 0 Å². The summed E-state index contributed by atoms with van der Waals surface area (Å²) in [5, 5.41) is 3.56. The first-order chi connectivity index (χ1) is 10.2. The molecular formula is C18H21Br2N. The SMILES string of the molecule is CCCNCC(Cc1ccccc1Br)c1cccc(Br)c1. The highest BCUT2D eigenvalue weighted by atomic mass is 79.9. The molecule has 0 spiro atoms. The summed E-state index contributed by atoms with van der Waals surface area (Å²) in [7, 11) is 0. The predicted octanol–water partition coefficient (Wildman–Crippen LogP) is 5.54. The van der Waals surface area contributed by atoms with Crippen molar-refractivity contribution in [2.24, 2.45) is 0 Å². The van der Waals surface area contributed by atoms with Crippen molar-refractivity contribution in [1.82, 2.24) is 5.32 Å². The van der Waals surface area contributed by atoms with E-state index >= 15 is 0 Å². The fourth-order valence-electron chi connectivity index (χ4n) is 2.45. The molecule has 0 radical (unpaired) electrons. The monoisotopic (exact) mass is 409 g/mol. The number of hydrogen-bond acceptors (Lipinski definition) is 1. The molecule has 0 amide bonds. The van der Waals surface area contributed by atoms with Crippen molar-refractivity contribution in [3.63, 3.8) is 0 Å². The second-order valence-electron chi connectivity index (χ2n) is 5.25. The Balaban J connectivity index is 2.17. The van der Waals surface area contributed by atoms with Gasteiger partial charge in [-0.25, -0.2) is 0 Å². The molecule has 1 atom stereocenters. The van der Waals surface area contributed by atoms with E-state index in [0.717, 1.165) is 24.0 Å². The van der Waals surface area contributed by atoms with Crippen LogP contribution in [0.15, 0.2) is 57.5 Å².